The van der Waals surface area contributed by atoms with E-state index in [0.29, 0.717) is 12.2 Å². The Labute approximate surface area is 132 Å². The van der Waals surface area contributed by atoms with Gasteiger partial charge in [-0.1, -0.05) is 22.0 Å². The molecule has 0 spiro atoms. The third-order valence-corrected chi connectivity index (χ3v) is 4.29. The normalized spacial score (nSPS) is 11.2. The van der Waals surface area contributed by atoms with Gasteiger partial charge in [0.15, 0.2) is 0 Å². The van der Waals surface area contributed by atoms with E-state index in [4.69, 9.17) is 9.88 Å². The molecule has 5 nitrogen and oxygen atoms in total. The minimum Gasteiger partial charge on any atom is -0.496 e. The number of halogens is 1. The maximum Gasteiger partial charge on any atom is 0.238 e. The Bertz CT molecular complexity index is 748. The van der Waals surface area contributed by atoms with Crippen molar-refractivity contribution in [3.63, 3.8) is 0 Å². The van der Waals surface area contributed by atoms with E-state index < -0.39 is 10.0 Å². The summed E-state index contributed by atoms with van der Waals surface area (Å²) in [6, 6.07) is 12.1. The Morgan fingerprint density at radius 2 is 2.00 bits per heavy atom. The fourth-order valence-corrected chi connectivity index (χ4v) is 2.83. The third kappa shape index (κ3) is 4.20. The summed E-state index contributed by atoms with van der Waals surface area (Å²) in [6.07, 6.45) is 0. The maximum atomic E-state index is 11.3. The van der Waals surface area contributed by atoms with Crippen LogP contribution in [0, 0.1) is 0 Å². The molecule has 0 aromatic heterocycles. The first-order valence-electron chi connectivity index (χ1n) is 6.09. The monoisotopic (exact) mass is 370 g/mol. The topological polar surface area (TPSA) is 81.4 Å². The highest BCUT2D eigenvalue weighted by molar-refractivity contribution is 9.10. The molecule has 0 aliphatic carbocycles. The Kier molecular flexibility index (Phi) is 4.87. The van der Waals surface area contributed by atoms with Gasteiger partial charge in [0.2, 0.25) is 10.0 Å². The van der Waals surface area contributed by atoms with Crippen molar-refractivity contribution in [2.75, 3.05) is 12.4 Å². The van der Waals surface area contributed by atoms with Crippen molar-refractivity contribution in [1.82, 2.24) is 0 Å². The fourth-order valence-electron chi connectivity index (χ4n) is 1.87. The molecule has 2 rings (SSSR count). The molecule has 112 valence electrons. The van der Waals surface area contributed by atoms with Crippen LogP contribution in [0.25, 0.3) is 0 Å². The largest absolute Gasteiger partial charge is 0.496 e. The van der Waals surface area contributed by atoms with Gasteiger partial charge in [-0.2, -0.15) is 0 Å². The summed E-state index contributed by atoms with van der Waals surface area (Å²) in [4.78, 5) is 0.0775. The molecule has 2 aromatic rings. The fraction of sp³-hybridized carbons (Fsp3) is 0.143. The van der Waals surface area contributed by atoms with Crippen molar-refractivity contribution < 1.29 is 13.2 Å². The van der Waals surface area contributed by atoms with Crippen molar-refractivity contribution in [2.45, 2.75) is 11.4 Å². The minimum atomic E-state index is -3.70. The zero-order valence-corrected chi connectivity index (χ0v) is 13.7. The first kappa shape index (κ1) is 15.8. The van der Waals surface area contributed by atoms with Crippen molar-refractivity contribution >= 4 is 31.6 Å². The van der Waals surface area contributed by atoms with E-state index in [9.17, 15) is 8.42 Å². The van der Waals surface area contributed by atoms with E-state index in [2.05, 4.69) is 21.2 Å². The summed E-state index contributed by atoms with van der Waals surface area (Å²) in [5, 5.41) is 8.27. The smallest absolute Gasteiger partial charge is 0.238 e. The van der Waals surface area contributed by atoms with Crippen LogP contribution in [0.3, 0.4) is 0 Å². The molecule has 0 saturated heterocycles. The molecule has 7 heteroatoms. The lowest BCUT2D eigenvalue weighted by atomic mass is 10.2. The first-order chi connectivity index (χ1) is 9.90. The highest BCUT2D eigenvalue weighted by Gasteiger charge is 2.08. The number of methoxy groups -OCH3 is 1. The van der Waals surface area contributed by atoms with E-state index in [1.165, 1.54) is 12.1 Å². The minimum absolute atomic E-state index is 0.0775. The number of ether oxygens (including phenoxy) is 1. The van der Waals surface area contributed by atoms with Gasteiger partial charge in [-0.3, -0.25) is 0 Å². The van der Waals surface area contributed by atoms with Gasteiger partial charge in [-0.15, -0.1) is 0 Å². The van der Waals surface area contributed by atoms with Gasteiger partial charge >= 0.3 is 0 Å². The summed E-state index contributed by atoms with van der Waals surface area (Å²) >= 11 is 3.41. The standard InChI is InChI=1S/C14H15BrN2O3S/c1-20-14-6-5-11(15)7-10(14)9-17-12-3-2-4-13(8-12)21(16,18)19/h2-8,17H,9H2,1H3,(H2,16,18,19). The van der Waals surface area contributed by atoms with Gasteiger partial charge in [0.05, 0.1) is 12.0 Å². The lowest BCUT2D eigenvalue weighted by Gasteiger charge is -2.11. The van der Waals surface area contributed by atoms with Crippen LogP contribution in [0.2, 0.25) is 0 Å². The molecule has 0 fully saturated rings. The van der Waals surface area contributed by atoms with Crippen LogP contribution in [-0.2, 0) is 16.6 Å². The van der Waals surface area contributed by atoms with Gasteiger partial charge < -0.3 is 10.1 Å². The molecule has 0 bridgehead atoms. The molecule has 0 heterocycles. The molecule has 0 radical (unpaired) electrons. The number of sulfonamides is 1. The average Bonchev–Trinajstić information content (AvgIpc) is 2.45. The highest BCUT2D eigenvalue weighted by atomic mass is 79.9. The van der Waals surface area contributed by atoms with E-state index in [1.807, 2.05) is 18.2 Å². The van der Waals surface area contributed by atoms with Gasteiger partial charge in [0.25, 0.3) is 0 Å². The molecule has 21 heavy (non-hydrogen) atoms. The number of hydrogen-bond donors (Lipinski definition) is 2. The molecular weight excluding hydrogens is 356 g/mol. The van der Waals surface area contributed by atoms with Crippen molar-refractivity contribution in [3.05, 3.63) is 52.5 Å². The second-order valence-corrected chi connectivity index (χ2v) is 6.86. The summed E-state index contributed by atoms with van der Waals surface area (Å²) in [5.41, 5.74) is 1.62. The Hall–Kier alpha value is -1.57. The number of hydrogen-bond acceptors (Lipinski definition) is 4. The van der Waals surface area contributed by atoms with Crippen molar-refractivity contribution in [3.8, 4) is 5.75 Å². The van der Waals surface area contributed by atoms with E-state index in [0.717, 1.165) is 15.8 Å². The van der Waals surface area contributed by atoms with E-state index in [-0.39, 0.29) is 4.90 Å². The van der Waals surface area contributed by atoms with Gasteiger partial charge in [0, 0.05) is 22.3 Å². The van der Waals surface area contributed by atoms with Crippen LogP contribution >= 0.6 is 15.9 Å². The second-order valence-electron chi connectivity index (χ2n) is 4.38. The summed E-state index contributed by atoms with van der Waals surface area (Å²) in [5.74, 6) is 0.758. The van der Waals surface area contributed by atoms with Crippen LogP contribution in [0.15, 0.2) is 51.8 Å². The molecule has 0 unspecified atom stereocenters. The number of primary sulfonamides is 1. The number of nitrogens with two attached hydrogens (primary N) is 1. The lowest BCUT2D eigenvalue weighted by Crippen LogP contribution is -2.12. The van der Waals surface area contributed by atoms with Crippen LogP contribution in [0.4, 0.5) is 5.69 Å². The Morgan fingerprint density at radius 1 is 1.24 bits per heavy atom. The van der Waals surface area contributed by atoms with Crippen molar-refractivity contribution in [1.29, 1.82) is 0 Å². The summed E-state index contributed by atoms with van der Waals surface area (Å²) in [7, 11) is -2.09. The third-order valence-electron chi connectivity index (χ3n) is 2.89. The number of rotatable bonds is 5. The second kappa shape index (κ2) is 6.46. The molecule has 0 saturated carbocycles. The average molecular weight is 371 g/mol. The summed E-state index contributed by atoms with van der Waals surface area (Å²) < 4.78 is 28.9. The molecule has 0 aliphatic heterocycles. The number of benzene rings is 2. The van der Waals surface area contributed by atoms with Crippen LogP contribution in [0.5, 0.6) is 5.75 Å². The lowest BCUT2D eigenvalue weighted by molar-refractivity contribution is 0.410. The number of anilines is 1. The first-order valence-corrected chi connectivity index (χ1v) is 8.43. The highest BCUT2D eigenvalue weighted by Crippen LogP contribution is 2.24. The predicted molar refractivity (Wildman–Crippen MR) is 85.8 cm³/mol. The predicted octanol–water partition coefficient (Wildman–Crippen LogP) is 2.72. The zero-order valence-electron chi connectivity index (χ0n) is 11.3. The Balaban J connectivity index is 2.19. The molecule has 0 amide bonds. The van der Waals surface area contributed by atoms with Crippen LogP contribution in [0.1, 0.15) is 5.56 Å². The Morgan fingerprint density at radius 3 is 2.67 bits per heavy atom. The van der Waals surface area contributed by atoms with Crippen molar-refractivity contribution in [2.24, 2.45) is 5.14 Å². The van der Waals surface area contributed by atoms with Crippen LogP contribution in [-0.4, -0.2) is 15.5 Å². The molecule has 0 atom stereocenters. The van der Waals surface area contributed by atoms with E-state index >= 15 is 0 Å². The van der Waals surface area contributed by atoms with E-state index in [1.54, 1.807) is 19.2 Å². The number of nitrogens with one attached hydrogen (secondary N) is 1. The maximum absolute atomic E-state index is 11.3. The molecule has 2 aromatic carbocycles. The van der Waals surface area contributed by atoms with Gasteiger partial charge in [0.1, 0.15) is 5.75 Å². The van der Waals surface area contributed by atoms with Crippen LogP contribution < -0.4 is 15.2 Å². The molecular formula is C14H15BrN2O3S. The quantitative estimate of drug-likeness (QED) is 0.847. The molecule has 3 N–H and O–H groups in total. The summed E-state index contributed by atoms with van der Waals surface area (Å²) in [6.45, 7) is 0.497. The van der Waals surface area contributed by atoms with Gasteiger partial charge in [-0.25, -0.2) is 13.6 Å². The SMILES string of the molecule is COc1ccc(Br)cc1CNc1cccc(S(N)(=O)=O)c1. The van der Waals surface area contributed by atoms with Gasteiger partial charge in [-0.05, 0) is 36.4 Å². The molecule has 0 aliphatic rings. The zero-order chi connectivity index (χ0) is 15.5.